The topological polar surface area (TPSA) is 75.9 Å². The van der Waals surface area contributed by atoms with Gasteiger partial charge in [0.05, 0.1) is 0 Å². The molecule has 108 valence electrons. The third kappa shape index (κ3) is 5.03. The van der Waals surface area contributed by atoms with Gasteiger partial charge in [0.15, 0.2) is 0 Å². The molecule has 1 aromatic rings. The van der Waals surface area contributed by atoms with Gasteiger partial charge in [0, 0.05) is 11.6 Å². The van der Waals surface area contributed by atoms with Crippen molar-refractivity contribution >= 4 is 11.6 Å². The molecule has 1 rings (SSSR count). The summed E-state index contributed by atoms with van der Waals surface area (Å²) >= 11 is 0. The summed E-state index contributed by atoms with van der Waals surface area (Å²) in [5.41, 5.74) is 3.58. The van der Waals surface area contributed by atoms with E-state index in [0.717, 1.165) is 23.6 Å². The van der Waals surface area contributed by atoms with Gasteiger partial charge in [-0.25, -0.2) is 15.8 Å². The highest BCUT2D eigenvalue weighted by Crippen LogP contribution is 2.20. The van der Waals surface area contributed by atoms with Crippen LogP contribution in [-0.4, -0.2) is 16.0 Å². The zero-order valence-electron chi connectivity index (χ0n) is 12.6. The Morgan fingerprint density at radius 3 is 2.42 bits per heavy atom. The summed E-state index contributed by atoms with van der Waals surface area (Å²) in [7, 11) is 0. The molecule has 0 saturated carbocycles. The first-order valence-corrected chi connectivity index (χ1v) is 7.16. The van der Waals surface area contributed by atoms with Gasteiger partial charge >= 0.3 is 0 Å². The molecule has 0 aromatic carbocycles. The van der Waals surface area contributed by atoms with Gasteiger partial charge in [-0.3, -0.25) is 0 Å². The van der Waals surface area contributed by atoms with Crippen LogP contribution in [0.2, 0.25) is 0 Å². The van der Waals surface area contributed by atoms with Crippen LogP contribution in [0.5, 0.6) is 0 Å². The number of nitrogen functional groups attached to an aromatic ring is 1. The van der Waals surface area contributed by atoms with Crippen molar-refractivity contribution in [3.63, 3.8) is 0 Å². The molecule has 0 aliphatic carbocycles. The maximum atomic E-state index is 5.46. The Morgan fingerprint density at radius 2 is 1.79 bits per heavy atom. The van der Waals surface area contributed by atoms with Crippen LogP contribution in [0, 0.1) is 13.8 Å². The van der Waals surface area contributed by atoms with E-state index in [1.807, 2.05) is 13.8 Å². The van der Waals surface area contributed by atoms with Crippen molar-refractivity contribution < 1.29 is 0 Å². The van der Waals surface area contributed by atoms with Gasteiger partial charge in [0.1, 0.15) is 17.5 Å². The molecule has 0 saturated heterocycles. The molecule has 0 spiro atoms. The lowest BCUT2D eigenvalue weighted by Gasteiger charge is -2.17. The van der Waals surface area contributed by atoms with Gasteiger partial charge in [-0.15, -0.1) is 0 Å². The van der Waals surface area contributed by atoms with Crippen molar-refractivity contribution in [2.24, 2.45) is 5.84 Å². The summed E-state index contributed by atoms with van der Waals surface area (Å²) in [5, 5.41) is 3.46. The number of hydrogen-bond donors (Lipinski definition) is 3. The Labute approximate surface area is 116 Å². The van der Waals surface area contributed by atoms with Gasteiger partial charge in [-0.2, -0.15) is 0 Å². The molecule has 1 heterocycles. The monoisotopic (exact) mass is 265 g/mol. The Morgan fingerprint density at radius 1 is 1.11 bits per heavy atom. The molecule has 5 heteroatoms. The first-order valence-electron chi connectivity index (χ1n) is 7.16. The summed E-state index contributed by atoms with van der Waals surface area (Å²) < 4.78 is 0. The predicted molar refractivity (Wildman–Crippen MR) is 81.2 cm³/mol. The van der Waals surface area contributed by atoms with Crippen LogP contribution in [0.25, 0.3) is 0 Å². The van der Waals surface area contributed by atoms with Crippen LogP contribution in [0.15, 0.2) is 0 Å². The van der Waals surface area contributed by atoms with E-state index >= 15 is 0 Å². The number of aromatic nitrogens is 2. The molecule has 0 fully saturated rings. The normalized spacial score (nSPS) is 12.3. The molecule has 0 aliphatic rings. The molecule has 5 nitrogen and oxygen atoms in total. The van der Waals surface area contributed by atoms with Crippen molar-refractivity contribution in [1.82, 2.24) is 9.97 Å². The Balaban J connectivity index is 2.58. The van der Waals surface area contributed by atoms with Crippen LogP contribution in [0.4, 0.5) is 11.6 Å². The number of nitrogens with one attached hydrogen (secondary N) is 2. The highest BCUT2D eigenvalue weighted by molar-refractivity contribution is 5.56. The standard InChI is InChI=1S/C14H27N5/c1-5-6-7-8-9-10(2)16-13-11(3)14(19-15)18-12(4)17-13/h10H,5-9,15H2,1-4H3,(H2,16,17,18,19). The Kier molecular flexibility index (Phi) is 6.56. The molecule has 1 unspecified atom stereocenters. The highest BCUT2D eigenvalue weighted by Gasteiger charge is 2.10. The van der Waals surface area contributed by atoms with Crippen molar-refractivity contribution in [3.05, 3.63) is 11.4 Å². The van der Waals surface area contributed by atoms with Crippen LogP contribution in [0.1, 0.15) is 57.3 Å². The second kappa shape index (κ2) is 7.94. The van der Waals surface area contributed by atoms with Crippen molar-refractivity contribution in [1.29, 1.82) is 0 Å². The van der Waals surface area contributed by atoms with Gasteiger partial charge in [0.2, 0.25) is 0 Å². The first-order chi connectivity index (χ1) is 9.08. The van der Waals surface area contributed by atoms with Crippen LogP contribution < -0.4 is 16.6 Å². The summed E-state index contributed by atoms with van der Waals surface area (Å²) in [6, 6.07) is 0.412. The number of anilines is 2. The lowest BCUT2D eigenvalue weighted by Crippen LogP contribution is -2.19. The van der Waals surface area contributed by atoms with Crippen molar-refractivity contribution in [2.45, 2.75) is 65.8 Å². The summed E-state index contributed by atoms with van der Waals surface area (Å²) in [5.74, 6) is 7.75. The molecule has 0 radical (unpaired) electrons. The minimum absolute atomic E-state index is 0.412. The average molecular weight is 265 g/mol. The Hall–Kier alpha value is -1.36. The molecular formula is C14H27N5. The largest absolute Gasteiger partial charge is 0.367 e. The van der Waals surface area contributed by atoms with Crippen molar-refractivity contribution in [2.75, 3.05) is 10.7 Å². The fourth-order valence-electron chi connectivity index (χ4n) is 2.09. The number of rotatable bonds is 8. The quantitative estimate of drug-likeness (QED) is 0.382. The lowest BCUT2D eigenvalue weighted by atomic mass is 10.1. The number of aryl methyl sites for hydroxylation is 1. The zero-order valence-corrected chi connectivity index (χ0v) is 12.6. The lowest BCUT2D eigenvalue weighted by molar-refractivity contribution is 0.592. The summed E-state index contributed by atoms with van der Waals surface area (Å²) in [6.07, 6.45) is 6.32. The first kappa shape index (κ1) is 15.7. The average Bonchev–Trinajstić information content (AvgIpc) is 2.38. The molecule has 0 bridgehead atoms. The van der Waals surface area contributed by atoms with Crippen LogP contribution in [0.3, 0.4) is 0 Å². The van der Waals surface area contributed by atoms with E-state index in [0.29, 0.717) is 11.9 Å². The van der Waals surface area contributed by atoms with Crippen molar-refractivity contribution in [3.8, 4) is 0 Å². The van der Waals surface area contributed by atoms with Crippen LogP contribution >= 0.6 is 0 Å². The minimum Gasteiger partial charge on any atom is -0.367 e. The molecule has 1 aromatic heterocycles. The highest BCUT2D eigenvalue weighted by atomic mass is 15.3. The van der Waals surface area contributed by atoms with E-state index < -0.39 is 0 Å². The van der Waals surface area contributed by atoms with Gasteiger partial charge in [-0.05, 0) is 27.2 Å². The second-order valence-electron chi connectivity index (χ2n) is 5.13. The second-order valence-corrected chi connectivity index (χ2v) is 5.13. The van der Waals surface area contributed by atoms with Gasteiger partial charge in [-0.1, -0.05) is 32.6 Å². The van der Waals surface area contributed by atoms with E-state index in [-0.39, 0.29) is 0 Å². The van der Waals surface area contributed by atoms with E-state index in [9.17, 15) is 0 Å². The third-order valence-corrected chi connectivity index (χ3v) is 3.27. The third-order valence-electron chi connectivity index (χ3n) is 3.27. The van der Waals surface area contributed by atoms with E-state index in [1.165, 1.54) is 25.7 Å². The fourth-order valence-corrected chi connectivity index (χ4v) is 2.09. The molecule has 1 atom stereocenters. The van der Waals surface area contributed by atoms with E-state index in [2.05, 4.69) is 34.6 Å². The number of nitrogens with two attached hydrogens (primary N) is 1. The minimum atomic E-state index is 0.412. The Bertz CT molecular complexity index is 392. The van der Waals surface area contributed by atoms with E-state index in [1.54, 1.807) is 0 Å². The summed E-state index contributed by atoms with van der Waals surface area (Å²) in [4.78, 5) is 8.71. The summed E-state index contributed by atoms with van der Waals surface area (Å²) in [6.45, 7) is 8.27. The maximum absolute atomic E-state index is 5.46. The number of hydrazine groups is 1. The smallest absolute Gasteiger partial charge is 0.148 e. The predicted octanol–water partition coefficient (Wildman–Crippen LogP) is 3.15. The SMILES string of the molecule is CCCCCCC(C)Nc1nc(C)nc(NN)c1C. The molecular weight excluding hydrogens is 238 g/mol. The molecule has 0 amide bonds. The molecule has 0 aliphatic heterocycles. The van der Waals surface area contributed by atoms with Gasteiger partial charge in [0.25, 0.3) is 0 Å². The van der Waals surface area contributed by atoms with Crippen LogP contribution in [-0.2, 0) is 0 Å². The fraction of sp³-hybridized carbons (Fsp3) is 0.714. The number of unbranched alkanes of at least 4 members (excludes halogenated alkanes) is 3. The molecule has 19 heavy (non-hydrogen) atoms. The maximum Gasteiger partial charge on any atom is 0.148 e. The number of hydrogen-bond acceptors (Lipinski definition) is 5. The van der Waals surface area contributed by atoms with Gasteiger partial charge < -0.3 is 10.7 Å². The molecule has 4 N–H and O–H groups in total. The van der Waals surface area contributed by atoms with E-state index in [4.69, 9.17) is 5.84 Å². The number of nitrogens with zero attached hydrogens (tertiary/aromatic N) is 2. The zero-order chi connectivity index (χ0) is 14.3.